The van der Waals surface area contributed by atoms with Crippen molar-refractivity contribution in [1.82, 2.24) is 0 Å². The summed E-state index contributed by atoms with van der Waals surface area (Å²) in [4.78, 5) is 72.3. The van der Waals surface area contributed by atoms with Crippen molar-refractivity contribution in [3.8, 4) is 0 Å². The Hall–Kier alpha value is -1.94. The molecular formula is C68H132O17P2. The molecule has 2 unspecified atom stereocenters. The van der Waals surface area contributed by atoms with E-state index in [0.717, 1.165) is 103 Å². The first-order valence-corrected chi connectivity index (χ1v) is 38.8. The van der Waals surface area contributed by atoms with E-state index >= 15 is 0 Å². The zero-order chi connectivity index (χ0) is 64.0. The minimum absolute atomic E-state index is 0.106. The van der Waals surface area contributed by atoms with Crippen LogP contribution < -0.4 is 0 Å². The van der Waals surface area contributed by atoms with Gasteiger partial charge in [-0.1, -0.05) is 304 Å². The molecule has 0 bridgehead atoms. The quantitative estimate of drug-likeness (QED) is 0.0222. The van der Waals surface area contributed by atoms with Gasteiger partial charge >= 0.3 is 39.5 Å². The average molecular weight is 1280 g/mol. The number of phosphoric ester groups is 2. The summed E-state index contributed by atoms with van der Waals surface area (Å²) in [6, 6.07) is 0. The minimum Gasteiger partial charge on any atom is -0.462 e. The Morgan fingerprint density at radius 1 is 0.276 bits per heavy atom. The van der Waals surface area contributed by atoms with Gasteiger partial charge in [-0.25, -0.2) is 9.13 Å². The molecule has 516 valence electrons. The van der Waals surface area contributed by atoms with E-state index in [4.69, 9.17) is 37.0 Å². The molecule has 17 nitrogen and oxygen atoms in total. The van der Waals surface area contributed by atoms with Crippen molar-refractivity contribution in [3.05, 3.63) is 0 Å². The second kappa shape index (κ2) is 62.8. The number of esters is 4. The van der Waals surface area contributed by atoms with Crippen LogP contribution >= 0.6 is 15.6 Å². The van der Waals surface area contributed by atoms with Gasteiger partial charge in [0.1, 0.15) is 19.3 Å². The molecule has 0 rings (SSSR count). The number of aliphatic hydroxyl groups is 1. The van der Waals surface area contributed by atoms with E-state index in [1.54, 1.807) is 0 Å². The average Bonchev–Trinajstić information content (AvgIpc) is 3.51. The molecule has 5 atom stereocenters. The third-order valence-corrected chi connectivity index (χ3v) is 17.8. The van der Waals surface area contributed by atoms with Crippen LogP contribution in [0.3, 0.4) is 0 Å². The van der Waals surface area contributed by atoms with Crippen molar-refractivity contribution in [2.45, 2.75) is 373 Å². The SMILES string of the molecule is CCCCCCCCCCCCCCCCCC(=O)OC[C@H](COP(=O)(O)OC[C@@H](O)COP(=O)(O)OC[C@@H](COC(=O)CCCCCCCCC)OC(=O)CCCCCCCCCCCC)OC(=O)CCCCCCCCCCCCCCCCC. The van der Waals surface area contributed by atoms with E-state index in [2.05, 4.69) is 27.7 Å². The molecule has 0 amide bonds. The molecule has 0 saturated heterocycles. The Morgan fingerprint density at radius 3 is 0.678 bits per heavy atom. The van der Waals surface area contributed by atoms with Crippen LogP contribution in [0.4, 0.5) is 0 Å². The molecule has 0 fully saturated rings. The smallest absolute Gasteiger partial charge is 0.462 e. The summed E-state index contributed by atoms with van der Waals surface area (Å²) in [5, 5.41) is 10.6. The van der Waals surface area contributed by atoms with Gasteiger partial charge < -0.3 is 33.8 Å². The number of rotatable bonds is 69. The Morgan fingerprint density at radius 2 is 0.460 bits per heavy atom. The van der Waals surface area contributed by atoms with Crippen LogP contribution in [-0.2, 0) is 65.4 Å². The summed E-state index contributed by atoms with van der Waals surface area (Å²) in [5.41, 5.74) is 0. The van der Waals surface area contributed by atoms with Gasteiger partial charge in [-0.05, 0) is 25.7 Å². The van der Waals surface area contributed by atoms with Crippen molar-refractivity contribution in [1.29, 1.82) is 0 Å². The number of hydrogen-bond acceptors (Lipinski definition) is 15. The zero-order valence-electron chi connectivity index (χ0n) is 56.0. The summed E-state index contributed by atoms with van der Waals surface area (Å²) in [5.74, 6) is -2.13. The van der Waals surface area contributed by atoms with Crippen molar-refractivity contribution in [2.75, 3.05) is 39.6 Å². The number of hydrogen-bond donors (Lipinski definition) is 3. The third kappa shape index (κ3) is 62.6. The van der Waals surface area contributed by atoms with Gasteiger partial charge in [-0.3, -0.25) is 37.3 Å². The van der Waals surface area contributed by atoms with E-state index in [0.29, 0.717) is 25.7 Å². The highest BCUT2D eigenvalue weighted by molar-refractivity contribution is 7.47. The summed E-state index contributed by atoms with van der Waals surface area (Å²) in [7, 11) is -9.89. The monoisotopic (exact) mass is 1280 g/mol. The van der Waals surface area contributed by atoms with E-state index in [1.807, 2.05) is 0 Å². The van der Waals surface area contributed by atoms with Crippen LogP contribution in [0, 0.1) is 0 Å². The van der Waals surface area contributed by atoms with Gasteiger partial charge in [-0.2, -0.15) is 0 Å². The molecule has 0 saturated carbocycles. The van der Waals surface area contributed by atoms with Gasteiger partial charge in [-0.15, -0.1) is 0 Å². The van der Waals surface area contributed by atoms with E-state index < -0.39 is 97.5 Å². The number of ether oxygens (including phenoxy) is 4. The van der Waals surface area contributed by atoms with Crippen LogP contribution in [0.1, 0.15) is 355 Å². The van der Waals surface area contributed by atoms with Gasteiger partial charge in [0.15, 0.2) is 12.2 Å². The van der Waals surface area contributed by atoms with Gasteiger partial charge in [0.2, 0.25) is 0 Å². The molecular weight excluding hydrogens is 1150 g/mol. The largest absolute Gasteiger partial charge is 0.472 e. The molecule has 0 aliphatic rings. The lowest BCUT2D eigenvalue weighted by Crippen LogP contribution is -2.30. The van der Waals surface area contributed by atoms with Crippen molar-refractivity contribution >= 4 is 39.5 Å². The first-order valence-electron chi connectivity index (χ1n) is 35.8. The van der Waals surface area contributed by atoms with Gasteiger partial charge in [0.25, 0.3) is 0 Å². The highest BCUT2D eigenvalue weighted by atomic mass is 31.2. The normalized spacial score (nSPS) is 14.1. The van der Waals surface area contributed by atoms with Crippen LogP contribution in [0.25, 0.3) is 0 Å². The Balaban J connectivity index is 5.19. The lowest BCUT2D eigenvalue weighted by atomic mass is 10.0. The standard InChI is InChI=1S/C68H132O17P2/c1-5-9-13-17-21-24-27-29-31-33-35-38-41-45-49-53-66(71)79-59-64(85-68(73)55-51-47-43-39-36-34-32-30-28-25-22-18-14-10-6-2)61-83-87(76,77)81-57-62(69)56-80-86(74,75)82-60-63(58-78-65(70)52-48-44-40-20-16-12-8-4)84-67(72)54-50-46-42-37-26-23-19-15-11-7-3/h62-64,69H,5-61H2,1-4H3,(H,74,75)(H,76,77)/t62-,63+,64+/m0/s1. The minimum atomic E-state index is -4.95. The Labute approximate surface area is 530 Å². The fourth-order valence-corrected chi connectivity index (χ4v) is 11.9. The molecule has 3 N–H and O–H groups in total. The van der Waals surface area contributed by atoms with E-state index in [-0.39, 0.29) is 25.7 Å². The fourth-order valence-electron chi connectivity index (χ4n) is 10.3. The van der Waals surface area contributed by atoms with Crippen LogP contribution in [0.2, 0.25) is 0 Å². The molecule has 0 spiro atoms. The zero-order valence-corrected chi connectivity index (χ0v) is 57.8. The van der Waals surface area contributed by atoms with Crippen molar-refractivity contribution in [3.63, 3.8) is 0 Å². The van der Waals surface area contributed by atoms with Crippen molar-refractivity contribution < 1.29 is 80.2 Å². The number of carbonyl (C=O) groups is 4. The van der Waals surface area contributed by atoms with Gasteiger partial charge in [0.05, 0.1) is 26.4 Å². The Kier molecular flexibility index (Phi) is 61.4. The second-order valence-electron chi connectivity index (χ2n) is 24.6. The van der Waals surface area contributed by atoms with Crippen LogP contribution in [0.15, 0.2) is 0 Å². The third-order valence-electron chi connectivity index (χ3n) is 15.9. The number of aliphatic hydroxyl groups excluding tert-OH is 1. The second-order valence-corrected chi connectivity index (χ2v) is 27.5. The van der Waals surface area contributed by atoms with Crippen molar-refractivity contribution in [2.24, 2.45) is 0 Å². The number of unbranched alkanes of at least 4 members (excludes halogenated alkanes) is 43. The Bertz CT molecular complexity index is 1670. The molecule has 0 aliphatic heterocycles. The number of phosphoric acid groups is 2. The lowest BCUT2D eigenvalue weighted by Gasteiger charge is -2.21. The van der Waals surface area contributed by atoms with Gasteiger partial charge in [0, 0.05) is 25.7 Å². The molecule has 0 aromatic rings. The first kappa shape index (κ1) is 85.1. The maximum absolute atomic E-state index is 13.0. The number of carbonyl (C=O) groups excluding carboxylic acids is 4. The molecule has 0 aliphatic carbocycles. The van der Waals surface area contributed by atoms with E-state index in [1.165, 1.54) is 173 Å². The summed E-state index contributed by atoms with van der Waals surface area (Å²) in [6.07, 6.45) is 50.0. The topological polar surface area (TPSA) is 237 Å². The molecule has 0 radical (unpaired) electrons. The predicted octanol–water partition coefficient (Wildman–Crippen LogP) is 19.5. The molecule has 0 heterocycles. The molecule has 19 heteroatoms. The molecule has 0 aromatic heterocycles. The maximum atomic E-state index is 13.0. The maximum Gasteiger partial charge on any atom is 0.472 e. The first-order chi connectivity index (χ1) is 42.2. The van der Waals surface area contributed by atoms with Crippen LogP contribution in [-0.4, -0.2) is 96.7 Å². The highest BCUT2D eigenvalue weighted by Gasteiger charge is 2.30. The summed E-state index contributed by atoms with van der Waals surface area (Å²) in [6.45, 7) is 4.89. The fraction of sp³-hybridized carbons (Fsp3) is 0.941. The van der Waals surface area contributed by atoms with Crippen LogP contribution in [0.5, 0.6) is 0 Å². The summed E-state index contributed by atoms with van der Waals surface area (Å²) >= 11 is 0. The predicted molar refractivity (Wildman–Crippen MR) is 349 cm³/mol. The lowest BCUT2D eigenvalue weighted by molar-refractivity contribution is -0.161. The van der Waals surface area contributed by atoms with E-state index in [9.17, 15) is 43.2 Å². The highest BCUT2D eigenvalue weighted by Crippen LogP contribution is 2.45. The molecule has 87 heavy (non-hydrogen) atoms. The summed E-state index contributed by atoms with van der Waals surface area (Å²) < 4.78 is 68.1. The molecule has 0 aromatic carbocycles.